The number of pyridine rings is 1. The van der Waals surface area contributed by atoms with E-state index in [4.69, 9.17) is 0 Å². The van der Waals surface area contributed by atoms with Crippen LogP contribution < -0.4 is 0 Å². The number of imidazole rings is 1. The van der Waals surface area contributed by atoms with Crippen molar-refractivity contribution in [3.8, 4) is 28.4 Å². The van der Waals surface area contributed by atoms with Crippen LogP contribution in [0.4, 0.5) is 0 Å². The van der Waals surface area contributed by atoms with Crippen LogP contribution in [0.1, 0.15) is 53.4 Å². The van der Waals surface area contributed by atoms with Gasteiger partial charge in [0.1, 0.15) is 11.6 Å². The first-order valence-corrected chi connectivity index (χ1v) is 12.8. The van der Waals surface area contributed by atoms with Crippen molar-refractivity contribution in [3.05, 3.63) is 101 Å². The number of phenolic OH excluding ortho intramolecular Hbond substituents is 1. The smallest absolute Gasteiger partial charge is 0.143 e. The van der Waals surface area contributed by atoms with E-state index in [9.17, 15) is 5.11 Å². The second kappa shape index (κ2) is 12.1. The Morgan fingerprint density at radius 3 is 2.21 bits per heavy atom. The van der Waals surface area contributed by atoms with Crippen molar-refractivity contribution in [2.24, 2.45) is 7.05 Å². The number of rotatable bonds is 3. The van der Waals surface area contributed by atoms with Gasteiger partial charge in [-0.1, -0.05) is 52.0 Å². The molecule has 0 atom stereocenters. The Morgan fingerprint density at radius 2 is 1.61 bits per heavy atom. The molecule has 2 aromatic heterocycles. The van der Waals surface area contributed by atoms with Crippen molar-refractivity contribution in [2.45, 2.75) is 54.4 Å². The van der Waals surface area contributed by atoms with Crippen LogP contribution in [-0.4, -0.2) is 19.6 Å². The van der Waals surface area contributed by atoms with Gasteiger partial charge in [0.25, 0.3) is 0 Å². The molecular formula is C33H36IrN3O-. The van der Waals surface area contributed by atoms with Crippen molar-refractivity contribution in [3.63, 3.8) is 0 Å². The summed E-state index contributed by atoms with van der Waals surface area (Å²) in [5.41, 5.74) is 10.2. The van der Waals surface area contributed by atoms with Crippen LogP contribution in [0.25, 0.3) is 33.4 Å². The quantitative estimate of drug-likeness (QED) is 0.196. The predicted molar refractivity (Wildman–Crippen MR) is 154 cm³/mol. The number of aromatic nitrogens is 3. The zero-order valence-corrected chi connectivity index (χ0v) is 25.9. The SMILES string of the molecule is Cc1[c-]c(-c2nccc3c(C)c(C(C)C)ccc23)cc(C)c1.Cc1nc(-c2ccccc2O)n(C)c1C.[Ir]. The van der Waals surface area contributed by atoms with Gasteiger partial charge in [0.2, 0.25) is 0 Å². The van der Waals surface area contributed by atoms with E-state index in [-0.39, 0.29) is 25.9 Å². The fourth-order valence-electron chi connectivity index (χ4n) is 4.91. The predicted octanol–water partition coefficient (Wildman–Crippen LogP) is 8.16. The van der Waals surface area contributed by atoms with Crippen molar-refractivity contribution < 1.29 is 25.2 Å². The average Bonchev–Trinajstić information content (AvgIpc) is 3.11. The zero-order valence-electron chi connectivity index (χ0n) is 23.5. The van der Waals surface area contributed by atoms with Crippen LogP contribution in [-0.2, 0) is 27.2 Å². The van der Waals surface area contributed by atoms with Crippen LogP contribution in [0.3, 0.4) is 0 Å². The molecule has 5 aromatic rings. The number of hydrogen-bond acceptors (Lipinski definition) is 3. The van der Waals surface area contributed by atoms with Gasteiger partial charge < -0.3 is 14.7 Å². The molecule has 0 saturated heterocycles. The summed E-state index contributed by atoms with van der Waals surface area (Å²) in [4.78, 5) is 9.09. The van der Waals surface area contributed by atoms with Gasteiger partial charge in [0.05, 0.1) is 11.3 Å². The molecule has 0 unspecified atom stereocenters. The Labute approximate surface area is 240 Å². The van der Waals surface area contributed by atoms with E-state index < -0.39 is 0 Å². The van der Waals surface area contributed by atoms with Crippen LogP contribution >= 0.6 is 0 Å². The van der Waals surface area contributed by atoms with Gasteiger partial charge in [0, 0.05) is 39.0 Å². The van der Waals surface area contributed by atoms with Gasteiger partial charge >= 0.3 is 0 Å². The molecule has 5 heteroatoms. The molecule has 0 aliphatic rings. The van der Waals surface area contributed by atoms with Crippen molar-refractivity contribution in [1.82, 2.24) is 14.5 Å². The number of para-hydroxylation sites is 1. The number of aryl methyl sites for hydroxylation is 4. The Balaban J connectivity index is 0.000000220. The summed E-state index contributed by atoms with van der Waals surface area (Å²) in [7, 11) is 1.96. The first-order valence-electron chi connectivity index (χ1n) is 12.8. The standard InChI is InChI=1S/C21H22N.C12H14N2O.Ir/c1-13(2)18-6-7-20-19(16(18)5)8-9-22-21(20)17-11-14(3)10-15(4)12-17;1-8-9(2)14(3)12(13-8)10-6-4-5-7-11(10)15;/h6-11,13H,1-5H3;4-7,15H,1-3H3;/q-1;;. The van der Waals surface area contributed by atoms with Crippen LogP contribution in [0.15, 0.2) is 60.8 Å². The topological polar surface area (TPSA) is 50.9 Å². The Bertz CT molecular complexity index is 1560. The second-order valence-corrected chi connectivity index (χ2v) is 10.1. The van der Waals surface area contributed by atoms with E-state index in [0.29, 0.717) is 5.92 Å². The third-order valence-electron chi connectivity index (χ3n) is 7.04. The van der Waals surface area contributed by atoms with Crippen molar-refractivity contribution >= 4 is 10.8 Å². The first kappa shape index (κ1) is 29.3. The molecule has 2 heterocycles. The summed E-state index contributed by atoms with van der Waals surface area (Å²) >= 11 is 0. The van der Waals surface area contributed by atoms with E-state index >= 15 is 0 Å². The molecular weight excluding hydrogens is 647 g/mol. The Morgan fingerprint density at radius 1 is 0.895 bits per heavy atom. The second-order valence-electron chi connectivity index (χ2n) is 10.1. The average molecular weight is 683 g/mol. The molecule has 0 amide bonds. The summed E-state index contributed by atoms with van der Waals surface area (Å²) in [6, 6.07) is 21.6. The van der Waals surface area contributed by atoms with Gasteiger partial charge in [0.15, 0.2) is 0 Å². The van der Waals surface area contributed by atoms with E-state index in [1.165, 1.54) is 27.5 Å². The normalized spacial score (nSPS) is 10.8. The molecule has 38 heavy (non-hydrogen) atoms. The number of aromatic hydroxyl groups is 1. The largest absolute Gasteiger partial charge is 0.507 e. The van der Waals surface area contributed by atoms with E-state index in [0.717, 1.165) is 39.6 Å². The number of nitrogens with zero attached hydrogens (tertiary/aromatic N) is 3. The van der Waals surface area contributed by atoms with Crippen molar-refractivity contribution in [1.29, 1.82) is 0 Å². The summed E-state index contributed by atoms with van der Waals surface area (Å²) in [5, 5.41) is 12.2. The number of benzene rings is 3. The molecule has 3 aromatic carbocycles. The molecule has 0 aliphatic heterocycles. The molecule has 0 fully saturated rings. The monoisotopic (exact) mass is 683 g/mol. The fraction of sp³-hybridized carbons (Fsp3) is 0.273. The Kier molecular flexibility index (Phi) is 9.30. The summed E-state index contributed by atoms with van der Waals surface area (Å²) in [5.74, 6) is 1.61. The molecule has 0 aliphatic carbocycles. The zero-order chi connectivity index (χ0) is 26.9. The van der Waals surface area contributed by atoms with Gasteiger partial charge in [-0.05, 0) is 72.5 Å². The maximum absolute atomic E-state index is 9.74. The molecule has 5 rings (SSSR count). The molecule has 0 bridgehead atoms. The number of fused-ring (bicyclic) bond motifs is 1. The minimum Gasteiger partial charge on any atom is -0.507 e. The van der Waals surface area contributed by atoms with E-state index in [1.54, 1.807) is 6.07 Å². The molecule has 199 valence electrons. The number of phenols is 1. The van der Waals surface area contributed by atoms with Crippen LogP contribution in [0.2, 0.25) is 0 Å². The van der Waals surface area contributed by atoms with E-state index in [1.807, 2.05) is 49.9 Å². The summed E-state index contributed by atoms with van der Waals surface area (Å²) in [6.07, 6.45) is 1.92. The van der Waals surface area contributed by atoms with E-state index in [2.05, 4.69) is 81.0 Å². The third kappa shape index (κ3) is 5.90. The molecule has 1 radical (unpaired) electrons. The van der Waals surface area contributed by atoms with Gasteiger partial charge in [-0.15, -0.1) is 34.9 Å². The van der Waals surface area contributed by atoms with Gasteiger partial charge in [-0.2, -0.15) is 0 Å². The van der Waals surface area contributed by atoms with Crippen LogP contribution in [0.5, 0.6) is 5.75 Å². The number of hydrogen-bond donors (Lipinski definition) is 1. The maximum Gasteiger partial charge on any atom is 0.143 e. The van der Waals surface area contributed by atoms with Crippen molar-refractivity contribution in [2.75, 3.05) is 0 Å². The van der Waals surface area contributed by atoms with Gasteiger partial charge in [-0.25, -0.2) is 4.98 Å². The molecule has 1 N–H and O–H groups in total. The Hall–Kier alpha value is -3.27. The first-order chi connectivity index (χ1) is 17.6. The molecule has 0 spiro atoms. The summed E-state index contributed by atoms with van der Waals surface area (Å²) in [6.45, 7) is 14.9. The van der Waals surface area contributed by atoms with Crippen LogP contribution in [0, 0.1) is 40.7 Å². The minimum atomic E-state index is 0. The fourth-order valence-corrected chi connectivity index (χ4v) is 4.91. The van der Waals surface area contributed by atoms with Gasteiger partial charge in [-0.3, -0.25) is 0 Å². The third-order valence-corrected chi connectivity index (χ3v) is 7.04. The molecule has 4 nitrogen and oxygen atoms in total. The summed E-state index contributed by atoms with van der Waals surface area (Å²) < 4.78 is 1.99. The minimum absolute atomic E-state index is 0. The maximum atomic E-state index is 9.74. The molecule has 0 saturated carbocycles.